The summed E-state index contributed by atoms with van der Waals surface area (Å²) in [4.78, 5) is 10.7. The van der Waals surface area contributed by atoms with E-state index in [9.17, 15) is 0 Å². The summed E-state index contributed by atoms with van der Waals surface area (Å²) in [5, 5.41) is 18.3. The predicted octanol–water partition coefficient (Wildman–Crippen LogP) is 14.7. The Kier molecular flexibility index (Phi) is 6.66. The van der Waals surface area contributed by atoms with E-state index in [-0.39, 0.29) is 0 Å². The Morgan fingerprint density at radius 3 is 1.36 bits per heavy atom. The molecule has 0 aliphatic heterocycles. The van der Waals surface area contributed by atoms with Crippen LogP contribution < -0.4 is 0 Å². The van der Waals surface area contributed by atoms with Gasteiger partial charge in [0.1, 0.15) is 0 Å². The summed E-state index contributed by atoms with van der Waals surface area (Å²) in [7, 11) is 0. The van der Waals surface area contributed by atoms with Crippen molar-refractivity contribution in [3.63, 3.8) is 0 Å². The second-order valence-corrected chi connectivity index (χ2v) is 14.8. The largest absolute Gasteiger partial charge is 0.228 e. The first-order valence-corrected chi connectivity index (χ1v) is 19.3. The lowest BCUT2D eigenvalue weighted by molar-refractivity contribution is 1.24. The van der Waals surface area contributed by atoms with E-state index in [1.54, 1.807) is 0 Å². The summed E-state index contributed by atoms with van der Waals surface area (Å²) < 4.78 is 0. The normalized spacial score (nSPS) is 11.9. The maximum atomic E-state index is 5.41. The van der Waals surface area contributed by atoms with Gasteiger partial charge in [0.05, 0.1) is 11.2 Å². The summed E-state index contributed by atoms with van der Waals surface area (Å²) in [6.45, 7) is 0. The van der Waals surface area contributed by atoms with Gasteiger partial charge in [0, 0.05) is 16.5 Å². The van der Waals surface area contributed by atoms with E-state index in [1.165, 1.54) is 75.8 Å². The van der Waals surface area contributed by atoms with E-state index in [0.717, 1.165) is 44.3 Å². The van der Waals surface area contributed by atoms with E-state index in [1.807, 2.05) is 0 Å². The van der Waals surface area contributed by atoms with Crippen molar-refractivity contribution >= 4 is 86.3 Å². The molecule has 0 aliphatic carbocycles. The lowest BCUT2D eigenvalue weighted by Gasteiger charge is -2.20. The van der Waals surface area contributed by atoms with Gasteiger partial charge in [0.25, 0.3) is 0 Å². The molecule has 0 N–H and O–H groups in total. The van der Waals surface area contributed by atoms with Crippen LogP contribution in [0.4, 0.5) is 0 Å². The standard InChI is InChI=1S/C54H32N2/c1-2-16-33(17-3-1)53-46-27-12-13-31-48(46)55-54(56-53)52-43-25-10-8-23-41(43)50(42-24-9-11-26-44(42)52)47-32-34-18-14-28-39-37-21-6-4-19-35(37)36-20-5-7-22-38(36)40-29-15-30-45(47)51(40)49(34)39/h1-32H. The van der Waals surface area contributed by atoms with Crippen LogP contribution in [0.1, 0.15) is 0 Å². The Hall–Kier alpha value is -7.42. The van der Waals surface area contributed by atoms with Crippen LogP contribution in [0.3, 0.4) is 0 Å². The molecule has 12 rings (SSSR count). The fourth-order valence-corrected chi connectivity index (χ4v) is 9.47. The highest BCUT2D eigenvalue weighted by Gasteiger charge is 2.23. The Morgan fingerprint density at radius 1 is 0.286 bits per heavy atom. The van der Waals surface area contributed by atoms with Crippen LogP contribution in [0.5, 0.6) is 0 Å². The number of rotatable bonds is 3. The lowest BCUT2D eigenvalue weighted by Crippen LogP contribution is -1.98. The van der Waals surface area contributed by atoms with Gasteiger partial charge in [-0.25, -0.2) is 9.97 Å². The number of aromatic nitrogens is 2. The first kappa shape index (κ1) is 31.0. The molecule has 0 amide bonds. The topological polar surface area (TPSA) is 25.8 Å². The van der Waals surface area contributed by atoms with Gasteiger partial charge in [-0.2, -0.15) is 0 Å². The van der Waals surface area contributed by atoms with Crippen molar-refractivity contribution in [1.82, 2.24) is 9.97 Å². The van der Waals surface area contributed by atoms with Crippen molar-refractivity contribution in [3.8, 4) is 33.8 Å². The summed E-state index contributed by atoms with van der Waals surface area (Å²) in [5.41, 5.74) is 6.45. The summed E-state index contributed by atoms with van der Waals surface area (Å²) in [6, 6.07) is 70.5. The third-order valence-electron chi connectivity index (χ3n) is 11.8. The molecule has 0 spiro atoms. The van der Waals surface area contributed by atoms with Crippen LogP contribution in [-0.4, -0.2) is 9.97 Å². The zero-order valence-electron chi connectivity index (χ0n) is 30.4. The molecule has 2 nitrogen and oxygen atoms in total. The highest BCUT2D eigenvalue weighted by molar-refractivity contribution is 6.36. The molecule has 11 aromatic carbocycles. The summed E-state index contributed by atoms with van der Waals surface area (Å²) >= 11 is 0. The van der Waals surface area contributed by atoms with Crippen molar-refractivity contribution in [2.75, 3.05) is 0 Å². The van der Waals surface area contributed by atoms with Gasteiger partial charge in [-0.15, -0.1) is 0 Å². The van der Waals surface area contributed by atoms with Gasteiger partial charge in [-0.3, -0.25) is 0 Å². The van der Waals surface area contributed by atoms with Crippen molar-refractivity contribution in [2.45, 2.75) is 0 Å². The van der Waals surface area contributed by atoms with Crippen molar-refractivity contribution in [3.05, 3.63) is 194 Å². The van der Waals surface area contributed by atoms with Crippen LogP contribution in [0.25, 0.3) is 120 Å². The van der Waals surface area contributed by atoms with Gasteiger partial charge in [-0.05, 0) is 98.7 Å². The quantitative estimate of drug-likeness (QED) is 0.135. The first-order valence-electron chi connectivity index (χ1n) is 19.3. The minimum Gasteiger partial charge on any atom is -0.228 e. The van der Waals surface area contributed by atoms with Crippen LogP contribution in [0.15, 0.2) is 194 Å². The van der Waals surface area contributed by atoms with E-state index in [2.05, 4.69) is 194 Å². The van der Waals surface area contributed by atoms with E-state index in [4.69, 9.17) is 9.97 Å². The van der Waals surface area contributed by atoms with Gasteiger partial charge >= 0.3 is 0 Å². The number of nitrogens with zero attached hydrogens (tertiary/aromatic N) is 2. The Bertz CT molecular complexity index is 3530. The Morgan fingerprint density at radius 2 is 0.732 bits per heavy atom. The monoisotopic (exact) mass is 708 g/mol. The third kappa shape index (κ3) is 4.44. The van der Waals surface area contributed by atoms with Gasteiger partial charge in [0.2, 0.25) is 0 Å². The third-order valence-corrected chi connectivity index (χ3v) is 11.8. The van der Waals surface area contributed by atoms with Crippen molar-refractivity contribution in [1.29, 1.82) is 0 Å². The molecule has 12 aromatic rings. The molecule has 0 radical (unpaired) electrons. The van der Waals surface area contributed by atoms with Crippen molar-refractivity contribution in [2.24, 2.45) is 0 Å². The van der Waals surface area contributed by atoms with E-state index < -0.39 is 0 Å². The van der Waals surface area contributed by atoms with Crippen LogP contribution in [0, 0.1) is 0 Å². The van der Waals surface area contributed by atoms with Gasteiger partial charge in [-0.1, -0.05) is 182 Å². The second kappa shape index (κ2) is 12.0. The molecule has 0 fully saturated rings. The first-order chi connectivity index (χ1) is 27.8. The van der Waals surface area contributed by atoms with Crippen molar-refractivity contribution < 1.29 is 0 Å². The average molecular weight is 709 g/mol. The molecule has 0 unspecified atom stereocenters. The number of benzene rings is 10. The Labute approximate surface area is 322 Å². The molecule has 0 saturated carbocycles. The molecule has 56 heavy (non-hydrogen) atoms. The molecule has 0 atom stereocenters. The molecule has 1 heterocycles. The number of hydrogen-bond acceptors (Lipinski definition) is 2. The zero-order chi connectivity index (χ0) is 36.7. The summed E-state index contributed by atoms with van der Waals surface area (Å²) in [6.07, 6.45) is 0. The molecule has 258 valence electrons. The number of fused-ring (bicyclic) bond motifs is 8. The second-order valence-electron chi connectivity index (χ2n) is 14.8. The minimum absolute atomic E-state index is 0.731. The van der Waals surface area contributed by atoms with Crippen LogP contribution >= 0.6 is 0 Å². The maximum absolute atomic E-state index is 5.41. The fourth-order valence-electron chi connectivity index (χ4n) is 9.47. The molecule has 2 heteroatoms. The lowest BCUT2D eigenvalue weighted by atomic mass is 9.83. The molecule has 0 bridgehead atoms. The SMILES string of the molecule is c1ccc(-c2nc(-c3c4ccccc4c(-c4cc5cccc6c7ccccc7c7ccccc7c7cccc4c7c56)c4ccccc34)nc3ccccc23)cc1. The maximum Gasteiger partial charge on any atom is 0.161 e. The molecule has 0 saturated heterocycles. The zero-order valence-corrected chi connectivity index (χ0v) is 30.4. The predicted molar refractivity (Wildman–Crippen MR) is 238 cm³/mol. The molecular weight excluding hydrogens is 677 g/mol. The number of para-hydroxylation sites is 1. The van der Waals surface area contributed by atoms with Crippen LogP contribution in [-0.2, 0) is 0 Å². The number of hydrogen-bond donors (Lipinski definition) is 0. The molecule has 1 aromatic heterocycles. The summed E-state index contributed by atoms with van der Waals surface area (Å²) in [5.74, 6) is 0.731. The minimum atomic E-state index is 0.731. The van der Waals surface area contributed by atoms with Gasteiger partial charge in [0.15, 0.2) is 5.82 Å². The molecular formula is C54H32N2. The highest BCUT2D eigenvalue weighted by Crippen LogP contribution is 2.49. The fraction of sp³-hybridized carbons (Fsp3) is 0. The smallest absolute Gasteiger partial charge is 0.161 e. The average Bonchev–Trinajstić information content (AvgIpc) is 3.27. The van der Waals surface area contributed by atoms with E-state index in [0.29, 0.717) is 0 Å². The van der Waals surface area contributed by atoms with Crippen LogP contribution in [0.2, 0.25) is 0 Å². The Balaban J connectivity index is 1.25. The molecule has 0 aliphatic rings. The highest BCUT2D eigenvalue weighted by atomic mass is 14.9. The van der Waals surface area contributed by atoms with E-state index >= 15 is 0 Å². The van der Waals surface area contributed by atoms with Gasteiger partial charge < -0.3 is 0 Å².